The second-order valence-electron chi connectivity index (χ2n) is 4.90. The Balaban J connectivity index is 3.31. The van der Waals surface area contributed by atoms with E-state index in [0.717, 1.165) is 18.4 Å². The molecule has 2 atom stereocenters. The Hall–Kier alpha value is -0.920. The Kier molecular flexibility index (Phi) is 3.72. The summed E-state index contributed by atoms with van der Waals surface area (Å²) in [5, 5.41) is 0. The molecule has 0 spiro atoms. The lowest BCUT2D eigenvalue weighted by Gasteiger charge is -2.39. The van der Waals surface area contributed by atoms with Gasteiger partial charge in [-0.1, -0.05) is 26.3 Å². The minimum atomic E-state index is -0.747. The number of hydrogen-bond acceptors (Lipinski definition) is 2. The van der Waals surface area contributed by atoms with E-state index in [1.165, 1.54) is 5.57 Å². The van der Waals surface area contributed by atoms with Crippen LogP contribution in [0.15, 0.2) is 11.1 Å². The summed E-state index contributed by atoms with van der Waals surface area (Å²) >= 11 is 0. The van der Waals surface area contributed by atoms with Gasteiger partial charge in [-0.05, 0) is 44.6 Å². The largest absolute Gasteiger partial charge is 0.299 e. The van der Waals surface area contributed by atoms with E-state index in [2.05, 4.69) is 6.92 Å². The number of carbonyl (C=O) groups excluding carboxylic acids is 2. The minimum absolute atomic E-state index is 0.0296. The zero-order chi connectivity index (χ0) is 12.5. The highest BCUT2D eigenvalue weighted by molar-refractivity contribution is 6.14. The molecule has 1 aliphatic rings. The van der Waals surface area contributed by atoms with Crippen LogP contribution in [0.2, 0.25) is 0 Å². The number of ketones is 2. The molecule has 2 heteroatoms. The SMILES string of the molecule is CCC1=C(C)C(=O)C(CC)(C(C)=O)C(C)C1. The van der Waals surface area contributed by atoms with Crippen molar-refractivity contribution in [2.24, 2.45) is 11.3 Å². The maximum atomic E-state index is 12.4. The zero-order valence-electron chi connectivity index (χ0n) is 11.0. The van der Waals surface area contributed by atoms with Crippen molar-refractivity contribution in [3.63, 3.8) is 0 Å². The van der Waals surface area contributed by atoms with Crippen molar-refractivity contribution in [3.8, 4) is 0 Å². The highest BCUT2D eigenvalue weighted by Crippen LogP contribution is 2.44. The van der Waals surface area contributed by atoms with Crippen molar-refractivity contribution < 1.29 is 9.59 Å². The monoisotopic (exact) mass is 222 g/mol. The van der Waals surface area contributed by atoms with Crippen LogP contribution in [0.5, 0.6) is 0 Å². The quantitative estimate of drug-likeness (QED) is 0.686. The molecule has 0 amide bonds. The molecule has 0 fully saturated rings. The summed E-state index contributed by atoms with van der Waals surface area (Å²) < 4.78 is 0. The molecule has 0 heterocycles. The lowest BCUT2D eigenvalue weighted by atomic mass is 9.61. The Bertz CT molecular complexity index is 352. The molecule has 0 aliphatic heterocycles. The predicted molar refractivity (Wildman–Crippen MR) is 65.2 cm³/mol. The first-order valence-corrected chi connectivity index (χ1v) is 6.16. The van der Waals surface area contributed by atoms with Gasteiger partial charge in [0.2, 0.25) is 0 Å². The summed E-state index contributed by atoms with van der Waals surface area (Å²) in [5.74, 6) is 0.237. The highest BCUT2D eigenvalue weighted by Gasteiger charge is 2.49. The first-order chi connectivity index (χ1) is 7.41. The Morgan fingerprint density at radius 3 is 2.38 bits per heavy atom. The zero-order valence-corrected chi connectivity index (χ0v) is 11.0. The van der Waals surface area contributed by atoms with Crippen molar-refractivity contribution in [2.45, 2.75) is 53.9 Å². The van der Waals surface area contributed by atoms with E-state index in [-0.39, 0.29) is 17.5 Å². The van der Waals surface area contributed by atoms with Gasteiger partial charge >= 0.3 is 0 Å². The normalized spacial score (nSPS) is 30.8. The van der Waals surface area contributed by atoms with Gasteiger partial charge in [0.25, 0.3) is 0 Å². The number of Topliss-reactive ketones (excluding diaryl/α,β-unsaturated/α-hetero) is 2. The highest BCUT2D eigenvalue weighted by atomic mass is 16.2. The molecule has 1 aliphatic carbocycles. The lowest BCUT2D eigenvalue weighted by Crippen LogP contribution is -2.46. The smallest absolute Gasteiger partial charge is 0.172 e. The molecule has 90 valence electrons. The molecule has 2 unspecified atom stereocenters. The van der Waals surface area contributed by atoms with Gasteiger partial charge < -0.3 is 0 Å². The van der Waals surface area contributed by atoms with Gasteiger partial charge in [0.1, 0.15) is 5.78 Å². The van der Waals surface area contributed by atoms with Gasteiger partial charge in [-0.2, -0.15) is 0 Å². The van der Waals surface area contributed by atoms with E-state index in [1.807, 2.05) is 20.8 Å². The van der Waals surface area contributed by atoms with Crippen molar-refractivity contribution >= 4 is 11.6 Å². The van der Waals surface area contributed by atoms with E-state index >= 15 is 0 Å². The average Bonchev–Trinajstić information content (AvgIpc) is 2.24. The molecule has 2 nitrogen and oxygen atoms in total. The van der Waals surface area contributed by atoms with Gasteiger partial charge in [0.05, 0.1) is 5.41 Å². The molecule has 0 saturated carbocycles. The third-order valence-corrected chi connectivity index (χ3v) is 4.28. The van der Waals surface area contributed by atoms with Gasteiger partial charge in [0.15, 0.2) is 5.78 Å². The molecule has 0 aromatic carbocycles. The van der Waals surface area contributed by atoms with Gasteiger partial charge in [-0.25, -0.2) is 0 Å². The fraction of sp³-hybridized carbons (Fsp3) is 0.714. The summed E-state index contributed by atoms with van der Waals surface area (Å²) in [6, 6.07) is 0. The van der Waals surface area contributed by atoms with E-state index in [0.29, 0.717) is 6.42 Å². The van der Waals surface area contributed by atoms with Crippen molar-refractivity contribution in [1.82, 2.24) is 0 Å². The molecule has 16 heavy (non-hydrogen) atoms. The summed E-state index contributed by atoms with van der Waals surface area (Å²) in [4.78, 5) is 24.3. The summed E-state index contributed by atoms with van der Waals surface area (Å²) in [7, 11) is 0. The van der Waals surface area contributed by atoms with Crippen molar-refractivity contribution in [2.75, 3.05) is 0 Å². The van der Waals surface area contributed by atoms with Crippen LogP contribution in [0.1, 0.15) is 53.9 Å². The summed E-state index contributed by atoms with van der Waals surface area (Å²) in [6.07, 6.45) is 2.43. The van der Waals surface area contributed by atoms with Crippen LogP contribution < -0.4 is 0 Å². The Morgan fingerprint density at radius 1 is 1.44 bits per heavy atom. The number of carbonyl (C=O) groups is 2. The maximum absolute atomic E-state index is 12.4. The fourth-order valence-electron chi connectivity index (χ4n) is 3.09. The molecule has 0 radical (unpaired) electrons. The number of allylic oxidation sites excluding steroid dienone is 2. The van der Waals surface area contributed by atoms with Crippen molar-refractivity contribution in [1.29, 1.82) is 0 Å². The summed E-state index contributed by atoms with van der Waals surface area (Å²) in [6.45, 7) is 9.49. The predicted octanol–water partition coefficient (Wildman–Crippen LogP) is 3.31. The Labute approximate surface area is 98.1 Å². The number of hydrogen-bond donors (Lipinski definition) is 0. The fourth-order valence-corrected chi connectivity index (χ4v) is 3.09. The van der Waals surface area contributed by atoms with Crippen molar-refractivity contribution in [3.05, 3.63) is 11.1 Å². The van der Waals surface area contributed by atoms with E-state index in [1.54, 1.807) is 6.92 Å². The first-order valence-electron chi connectivity index (χ1n) is 6.16. The lowest BCUT2D eigenvalue weighted by molar-refractivity contribution is -0.142. The molecule has 0 aromatic rings. The third kappa shape index (κ3) is 1.64. The van der Waals surface area contributed by atoms with Gasteiger partial charge in [0, 0.05) is 0 Å². The topological polar surface area (TPSA) is 34.1 Å². The Morgan fingerprint density at radius 2 is 2.00 bits per heavy atom. The first kappa shape index (κ1) is 13.1. The maximum Gasteiger partial charge on any atom is 0.172 e. The van der Waals surface area contributed by atoms with Crippen LogP contribution in [-0.4, -0.2) is 11.6 Å². The van der Waals surface area contributed by atoms with E-state index in [4.69, 9.17) is 0 Å². The van der Waals surface area contributed by atoms with Crippen LogP contribution in [0.4, 0.5) is 0 Å². The molecular weight excluding hydrogens is 200 g/mol. The van der Waals surface area contributed by atoms with Crippen LogP contribution >= 0.6 is 0 Å². The minimum Gasteiger partial charge on any atom is -0.299 e. The third-order valence-electron chi connectivity index (χ3n) is 4.28. The molecule has 1 rings (SSSR count). The van der Waals surface area contributed by atoms with Gasteiger partial charge in [-0.15, -0.1) is 0 Å². The summed E-state index contributed by atoms with van der Waals surface area (Å²) in [5.41, 5.74) is 1.31. The molecule has 0 bridgehead atoms. The second kappa shape index (κ2) is 4.52. The second-order valence-corrected chi connectivity index (χ2v) is 4.90. The van der Waals surface area contributed by atoms with Crippen LogP contribution in [0.3, 0.4) is 0 Å². The van der Waals surface area contributed by atoms with Gasteiger partial charge in [-0.3, -0.25) is 9.59 Å². The van der Waals surface area contributed by atoms with E-state index < -0.39 is 5.41 Å². The van der Waals surface area contributed by atoms with Crippen LogP contribution in [-0.2, 0) is 9.59 Å². The molecule has 0 aromatic heterocycles. The molecule has 0 saturated heterocycles. The van der Waals surface area contributed by atoms with E-state index in [9.17, 15) is 9.59 Å². The molecular formula is C14H22O2. The standard InChI is InChI=1S/C14H22O2/c1-6-12-8-9(3)14(7-2,11(5)15)13(16)10(12)4/h9H,6-8H2,1-5H3. The average molecular weight is 222 g/mol. The van der Waals surface area contributed by atoms with Crippen LogP contribution in [0, 0.1) is 11.3 Å². The number of rotatable bonds is 3. The molecule has 0 N–H and O–H groups in total. The van der Waals surface area contributed by atoms with Crippen LogP contribution in [0.25, 0.3) is 0 Å².